The van der Waals surface area contributed by atoms with Crippen molar-refractivity contribution < 1.29 is 27.5 Å². The topological polar surface area (TPSA) is 70.7 Å². The number of halogens is 3. The highest BCUT2D eigenvalue weighted by atomic mass is 19.2. The van der Waals surface area contributed by atoms with E-state index in [1.165, 1.54) is 4.90 Å². The maximum absolute atomic E-state index is 13.6. The summed E-state index contributed by atoms with van der Waals surface area (Å²) in [5, 5.41) is 4.92. The van der Waals surface area contributed by atoms with Crippen molar-refractivity contribution in [2.45, 2.75) is 19.5 Å². The van der Waals surface area contributed by atoms with Gasteiger partial charge in [0.05, 0.1) is 25.4 Å². The average Bonchev–Trinajstić information content (AvgIpc) is 2.72. The summed E-state index contributed by atoms with van der Waals surface area (Å²) in [6, 6.07) is 8.17. The normalized spacial score (nSPS) is 11.8. The lowest BCUT2D eigenvalue weighted by Gasteiger charge is -2.23. The van der Waals surface area contributed by atoms with E-state index in [-0.39, 0.29) is 12.5 Å². The molecule has 2 aromatic carbocycles. The number of nitrogens with one attached hydrogen (secondary N) is 2. The van der Waals surface area contributed by atoms with Crippen LogP contribution in [0.2, 0.25) is 0 Å². The Labute approximate surface area is 166 Å². The van der Waals surface area contributed by atoms with Crippen molar-refractivity contribution in [1.82, 2.24) is 10.2 Å². The molecular formula is C20H22F3N3O3. The molecule has 2 amide bonds. The van der Waals surface area contributed by atoms with Crippen molar-refractivity contribution in [1.29, 1.82) is 0 Å². The maximum Gasteiger partial charge on any atom is 0.238 e. The van der Waals surface area contributed by atoms with Crippen LogP contribution in [0.15, 0.2) is 36.4 Å². The van der Waals surface area contributed by atoms with E-state index in [4.69, 9.17) is 4.74 Å². The summed E-state index contributed by atoms with van der Waals surface area (Å²) >= 11 is 0. The molecule has 0 radical (unpaired) electrons. The third-order valence-electron chi connectivity index (χ3n) is 4.37. The molecule has 0 heterocycles. The van der Waals surface area contributed by atoms with Crippen molar-refractivity contribution in [3.05, 3.63) is 59.4 Å². The molecule has 0 aromatic heterocycles. The minimum absolute atomic E-state index is 0.254. The standard InChI is InChI=1S/C20H22F3N3O3/c1-12(20(28)24-10-13-4-6-14(29-3)7-5-13)26(2)11-17(27)25-16-9-8-15(21)18(22)19(16)23/h4-9,12H,10-11H2,1-3H3,(H,24,28)(H,25,27)/t12-/m0/s1. The van der Waals surface area contributed by atoms with Crippen LogP contribution in [-0.4, -0.2) is 43.5 Å². The smallest absolute Gasteiger partial charge is 0.238 e. The van der Waals surface area contributed by atoms with Crippen LogP contribution in [0, 0.1) is 17.5 Å². The summed E-state index contributed by atoms with van der Waals surface area (Å²) in [4.78, 5) is 25.8. The zero-order chi connectivity index (χ0) is 21.6. The van der Waals surface area contributed by atoms with Crippen molar-refractivity contribution in [3.8, 4) is 5.75 Å². The van der Waals surface area contributed by atoms with E-state index in [0.717, 1.165) is 11.6 Å². The maximum atomic E-state index is 13.6. The van der Waals surface area contributed by atoms with Crippen LogP contribution in [0.3, 0.4) is 0 Å². The molecule has 2 aromatic rings. The Morgan fingerprint density at radius 1 is 1.07 bits per heavy atom. The van der Waals surface area contributed by atoms with Crippen LogP contribution in [0.1, 0.15) is 12.5 Å². The third kappa shape index (κ3) is 5.95. The summed E-state index contributed by atoms with van der Waals surface area (Å²) < 4.78 is 44.9. The molecule has 6 nitrogen and oxygen atoms in total. The quantitative estimate of drug-likeness (QED) is 0.658. The Kier molecular flexibility index (Phi) is 7.60. The van der Waals surface area contributed by atoms with Gasteiger partial charge in [-0.15, -0.1) is 0 Å². The molecule has 0 saturated heterocycles. The fraction of sp³-hybridized carbons (Fsp3) is 0.300. The van der Waals surface area contributed by atoms with Gasteiger partial charge in [-0.1, -0.05) is 12.1 Å². The van der Waals surface area contributed by atoms with E-state index in [1.807, 2.05) is 12.1 Å². The van der Waals surface area contributed by atoms with Gasteiger partial charge in [-0.3, -0.25) is 14.5 Å². The van der Waals surface area contributed by atoms with E-state index in [2.05, 4.69) is 10.6 Å². The van der Waals surface area contributed by atoms with Crippen LogP contribution in [0.25, 0.3) is 0 Å². The van der Waals surface area contributed by atoms with Crippen LogP contribution >= 0.6 is 0 Å². The van der Waals surface area contributed by atoms with E-state index in [1.54, 1.807) is 33.2 Å². The average molecular weight is 409 g/mol. The number of carbonyl (C=O) groups is 2. The number of hydrogen-bond acceptors (Lipinski definition) is 4. The van der Waals surface area contributed by atoms with Gasteiger partial charge in [0.1, 0.15) is 5.75 Å². The molecule has 0 fully saturated rings. The van der Waals surface area contributed by atoms with Gasteiger partial charge in [0, 0.05) is 6.54 Å². The van der Waals surface area contributed by atoms with Gasteiger partial charge < -0.3 is 15.4 Å². The predicted molar refractivity (Wildman–Crippen MR) is 102 cm³/mol. The molecule has 0 bridgehead atoms. The summed E-state index contributed by atoms with van der Waals surface area (Å²) in [5.74, 6) is -4.77. The lowest BCUT2D eigenvalue weighted by Crippen LogP contribution is -2.45. The highest BCUT2D eigenvalue weighted by Gasteiger charge is 2.21. The number of hydrogen-bond donors (Lipinski definition) is 2. The van der Waals surface area contributed by atoms with Crippen LogP contribution < -0.4 is 15.4 Å². The second kappa shape index (κ2) is 9.92. The lowest BCUT2D eigenvalue weighted by molar-refractivity contribution is -0.126. The molecular weight excluding hydrogens is 387 g/mol. The SMILES string of the molecule is COc1ccc(CNC(=O)[C@H](C)N(C)CC(=O)Nc2ccc(F)c(F)c2F)cc1. The van der Waals surface area contributed by atoms with Gasteiger partial charge in [0.15, 0.2) is 17.5 Å². The number of methoxy groups -OCH3 is 1. The summed E-state index contributed by atoms with van der Waals surface area (Å²) in [6.45, 7) is 1.65. The van der Waals surface area contributed by atoms with Gasteiger partial charge in [-0.2, -0.15) is 0 Å². The first-order valence-corrected chi connectivity index (χ1v) is 8.77. The molecule has 0 aliphatic carbocycles. The van der Waals surface area contributed by atoms with E-state index in [0.29, 0.717) is 18.4 Å². The number of benzene rings is 2. The second-order valence-corrected chi connectivity index (χ2v) is 6.43. The number of anilines is 1. The van der Waals surface area contributed by atoms with Crippen LogP contribution in [0.5, 0.6) is 5.75 Å². The van der Waals surface area contributed by atoms with Crippen molar-refractivity contribution in [2.24, 2.45) is 0 Å². The third-order valence-corrected chi connectivity index (χ3v) is 4.37. The van der Waals surface area contributed by atoms with Gasteiger partial charge >= 0.3 is 0 Å². The van der Waals surface area contributed by atoms with Crippen molar-refractivity contribution in [2.75, 3.05) is 26.0 Å². The lowest BCUT2D eigenvalue weighted by atomic mass is 10.2. The van der Waals surface area contributed by atoms with E-state index in [9.17, 15) is 22.8 Å². The fourth-order valence-corrected chi connectivity index (χ4v) is 2.46. The summed E-state index contributed by atoms with van der Waals surface area (Å²) in [5.41, 5.74) is 0.402. The predicted octanol–water partition coefficient (Wildman–Crippen LogP) is 2.69. The molecule has 0 saturated carbocycles. The monoisotopic (exact) mass is 409 g/mol. The molecule has 1 atom stereocenters. The first-order chi connectivity index (χ1) is 13.7. The van der Waals surface area contributed by atoms with Gasteiger partial charge in [-0.05, 0) is 43.8 Å². The number of amides is 2. The Morgan fingerprint density at radius 2 is 1.72 bits per heavy atom. The van der Waals surface area contributed by atoms with Crippen LogP contribution in [0.4, 0.5) is 18.9 Å². The minimum atomic E-state index is -1.66. The number of carbonyl (C=O) groups excluding carboxylic acids is 2. The van der Waals surface area contributed by atoms with Gasteiger partial charge in [0.2, 0.25) is 11.8 Å². The first-order valence-electron chi connectivity index (χ1n) is 8.77. The van der Waals surface area contributed by atoms with Crippen LogP contribution in [-0.2, 0) is 16.1 Å². The molecule has 156 valence electrons. The van der Waals surface area contributed by atoms with Gasteiger partial charge in [-0.25, -0.2) is 13.2 Å². The Hall–Kier alpha value is -3.07. The molecule has 0 aliphatic heterocycles. The fourth-order valence-electron chi connectivity index (χ4n) is 2.46. The zero-order valence-corrected chi connectivity index (χ0v) is 16.3. The molecule has 9 heteroatoms. The zero-order valence-electron chi connectivity index (χ0n) is 16.3. The Balaban J connectivity index is 1.86. The Bertz CT molecular complexity index is 875. The first kappa shape index (κ1) is 22.2. The highest BCUT2D eigenvalue weighted by Crippen LogP contribution is 2.19. The molecule has 2 rings (SSSR count). The summed E-state index contributed by atoms with van der Waals surface area (Å²) in [7, 11) is 3.10. The molecule has 0 aliphatic rings. The molecule has 29 heavy (non-hydrogen) atoms. The number of nitrogens with zero attached hydrogens (tertiary/aromatic N) is 1. The molecule has 2 N–H and O–H groups in total. The number of ether oxygens (including phenoxy) is 1. The van der Waals surface area contributed by atoms with E-state index < -0.39 is 35.1 Å². The number of likely N-dealkylation sites (N-methyl/N-ethyl adjacent to an activating group) is 1. The largest absolute Gasteiger partial charge is 0.497 e. The van der Waals surface area contributed by atoms with Crippen molar-refractivity contribution >= 4 is 17.5 Å². The molecule has 0 unspecified atom stereocenters. The Morgan fingerprint density at radius 3 is 2.34 bits per heavy atom. The highest BCUT2D eigenvalue weighted by molar-refractivity contribution is 5.93. The van der Waals surface area contributed by atoms with Crippen molar-refractivity contribution in [3.63, 3.8) is 0 Å². The number of rotatable bonds is 8. The summed E-state index contributed by atoms with van der Waals surface area (Å²) in [6.07, 6.45) is 0. The van der Waals surface area contributed by atoms with Gasteiger partial charge in [0.25, 0.3) is 0 Å². The minimum Gasteiger partial charge on any atom is -0.497 e. The van der Waals surface area contributed by atoms with E-state index >= 15 is 0 Å². The second-order valence-electron chi connectivity index (χ2n) is 6.43. The molecule has 0 spiro atoms.